The lowest BCUT2D eigenvalue weighted by Crippen LogP contribution is -2.11. The first-order valence-electron chi connectivity index (χ1n) is 16.2. The number of nitrogen functional groups attached to an aromatic ring is 2. The number of carbonyl (C=O) groups excluding carboxylic acids is 2. The van der Waals surface area contributed by atoms with Crippen LogP contribution in [-0.4, -0.2) is 41.1 Å². The van der Waals surface area contributed by atoms with Gasteiger partial charge >= 0.3 is 12.4 Å². The lowest BCUT2D eigenvalue weighted by atomic mass is 10.0. The molecule has 0 saturated carbocycles. The monoisotopic (exact) mass is 748 g/mol. The summed E-state index contributed by atoms with van der Waals surface area (Å²) in [6, 6.07) is 22.6. The van der Waals surface area contributed by atoms with Crippen LogP contribution in [0.3, 0.4) is 0 Å². The molecule has 4 N–H and O–H groups in total. The molecule has 4 aromatic heterocycles. The summed E-state index contributed by atoms with van der Waals surface area (Å²) in [7, 11) is 2.77. The van der Waals surface area contributed by atoms with E-state index in [1.54, 1.807) is 0 Å². The zero-order chi connectivity index (χ0) is 39.5. The molecule has 0 aliphatic carbocycles. The maximum absolute atomic E-state index is 13.0. The highest BCUT2D eigenvalue weighted by Crippen LogP contribution is 2.34. The van der Waals surface area contributed by atoms with Crippen molar-refractivity contribution in [3.05, 3.63) is 130 Å². The van der Waals surface area contributed by atoms with Crippen molar-refractivity contribution in [2.45, 2.75) is 39.0 Å². The van der Waals surface area contributed by atoms with Gasteiger partial charge in [0.2, 0.25) is 0 Å². The zero-order valence-corrected chi connectivity index (χ0v) is 29.4. The van der Waals surface area contributed by atoms with Gasteiger partial charge in [-0.3, -0.25) is 19.0 Å². The van der Waals surface area contributed by atoms with E-state index in [1.807, 2.05) is 62.4 Å². The average molecular weight is 749 g/mol. The van der Waals surface area contributed by atoms with Crippen molar-refractivity contribution in [1.29, 1.82) is 0 Å². The number of alkyl halides is 6. The molecule has 0 aliphatic heterocycles. The van der Waals surface area contributed by atoms with Crippen molar-refractivity contribution >= 4 is 23.2 Å². The first kappa shape index (κ1) is 38.9. The second-order valence-corrected chi connectivity index (χ2v) is 12.5. The van der Waals surface area contributed by atoms with E-state index in [4.69, 9.17) is 11.5 Å². The van der Waals surface area contributed by atoms with Crippen molar-refractivity contribution in [2.75, 3.05) is 11.5 Å². The predicted molar refractivity (Wildman–Crippen MR) is 190 cm³/mol. The number of benzene rings is 2. The molecule has 4 heterocycles. The minimum absolute atomic E-state index is 0.0206. The Kier molecular flexibility index (Phi) is 11.1. The number of anilines is 2. The van der Waals surface area contributed by atoms with Crippen LogP contribution in [0.25, 0.3) is 22.5 Å². The van der Waals surface area contributed by atoms with Crippen molar-refractivity contribution in [3.8, 4) is 22.5 Å². The Hall–Kier alpha value is -6.32. The van der Waals surface area contributed by atoms with Gasteiger partial charge in [-0.05, 0) is 61.4 Å². The van der Waals surface area contributed by atoms with E-state index in [-0.39, 0.29) is 69.9 Å². The Balaban J connectivity index is 0.000000208. The molecular formula is C38H34F6N8O2. The van der Waals surface area contributed by atoms with Gasteiger partial charge < -0.3 is 11.5 Å². The van der Waals surface area contributed by atoms with E-state index in [9.17, 15) is 35.9 Å². The number of hydrogen-bond donors (Lipinski definition) is 2. The average Bonchev–Trinajstić information content (AvgIpc) is 3.70. The molecular weight excluding hydrogens is 714 g/mol. The van der Waals surface area contributed by atoms with Gasteiger partial charge in [0, 0.05) is 38.1 Å². The summed E-state index contributed by atoms with van der Waals surface area (Å²) in [6.45, 7) is 3.89. The fourth-order valence-corrected chi connectivity index (χ4v) is 5.41. The SMILES string of the molecule is Cc1ccc(CC(=O)c2ccc(-c3cc(C(F)(F)F)nn3C)c(N)n2)cc1.Cc1ccc(CC(=O)c2nc(N)ccc2-c2cc(C(F)(F)F)nn2C)cc1. The summed E-state index contributed by atoms with van der Waals surface area (Å²) in [5.74, 6) is -0.472. The maximum Gasteiger partial charge on any atom is 0.435 e. The molecule has 0 fully saturated rings. The summed E-state index contributed by atoms with van der Waals surface area (Å²) in [5, 5.41) is 6.96. The number of nitrogens with two attached hydrogens (primary N) is 2. The Morgan fingerprint density at radius 3 is 1.50 bits per heavy atom. The summed E-state index contributed by atoms with van der Waals surface area (Å²) in [4.78, 5) is 33.4. The first-order chi connectivity index (χ1) is 25.3. The molecule has 280 valence electrons. The summed E-state index contributed by atoms with van der Waals surface area (Å²) in [6.07, 6.45) is -8.91. The second-order valence-electron chi connectivity index (χ2n) is 12.5. The number of nitrogens with zero attached hydrogens (tertiary/aromatic N) is 6. The Bertz CT molecular complexity index is 2310. The van der Waals surface area contributed by atoms with Gasteiger partial charge in [0.15, 0.2) is 23.0 Å². The van der Waals surface area contributed by atoms with Gasteiger partial charge in [-0.15, -0.1) is 0 Å². The maximum atomic E-state index is 13.0. The molecule has 54 heavy (non-hydrogen) atoms. The molecule has 0 radical (unpaired) electrons. The fraction of sp³-hybridized carbons (Fsp3) is 0.211. The van der Waals surface area contributed by atoms with Crippen LogP contribution >= 0.6 is 0 Å². The largest absolute Gasteiger partial charge is 0.435 e. The van der Waals surface area contributed by atoms with Gasteiger partial charge in [0.25, 0.3) is 0 Å². The van der Waals surface area contributed by atoms with Gasteiger partial charge in [0.1, 0.15) is 23.0 Å². The predicted octanol–water partition coefficient (Wildman–Crippen LogP) is 7.63. The standard InChI is InChI=1S/2C19H17F3N4O/c1-11-3-5-12(6-4-11)9-15(27)18-13(7-8-17(23)24-18)14-10-16(19(20,21)22)25-26(14)2;1-11-3-5-12(6-4-11)9-16(27)14-8-7-13(18(23)24-14)15-10-17(19(20,21)22)25-26(15)2/h2*3-8,10H,9H2,1-2H3,(H2,23,24). The summed E-state index contributed by atoms with van der Waals surface area (Å²) in [5.41, 5.74) is 14.4. The van der Waals surface area contributed by atoms with E-state index in [1.165, 1.54) is 38.4 Å². The molecule has 0 aliphatic rings. The van der Waals surface area contributed by atoms with E-state index in [0.29, 0.717) is 0 Å². The number of aryl methyl sites for hydroxylation is 4. The topological polar surface area (TPSA) is 148 Å². The second kappa shape index (κ2) is 15.3. The number of ketones is 2. The zero-order valence-electron chi connectivity index (χ0n) is 29.4. The van der Waals surface area contributed by atoms with E-state index in [2.05, 4.69) is 20.2 Å². The van der Waals surface area contributed by atoms with Crippen LogP contribution in [0, 0.1) is 13.8 Å². The normalized spacial score (nSPS) is 11.6. The minimum atomic E-state index is -4.58. The van der Waals surface area contributed by atoms with Crippen LogP contribution in [0.5, 0.6) is 0 Å². The highest BCUT2D eigenvalue weighted by Gasteiger charge is 2.36. The number of hydrogen-bond acceptors (Lipinski definition) is 8. The number of rotatable bonds is 8. The summed E-state index contributed by atoms with van der Waals surface area (Å²) >= 11 is 0. The van der Waals surface area contributed by atoms with Gasteiger partial charge in [-0.25, -0.2) is 9.97 Å². The Labute approximate surface area is 305 Å². The van der Waals surface area contributed by atoms with Crippen molar-refractivity contribution in [3.63, 3.8) is 0 Å². The number of aromatic nitrogens is 6. The Morgan fingerprint density at radius 2 is 1.06 bits per heavy atom. The van der Waals surface area contributed by atoms with Crippen molar-refractivity contribution in [2.24, 2.45) is 14.1 Å². The molecule has 6 aromatic rings. The molecule has 0 amide bonds. The van der Waals surface area contributed by atoms with Gasteiger partial charge in [0.05, 0.1) is 11.4 Å². The van der Waals surface area contributed by atoms with Crippen LogP contribution in [-0.2, 0) is 39.3 Å². The lowest BCUT2D eigenvalue weighted by molar-refractivity contribution is -0.142. The van der Waals surface area contributed by atoms with Crippen molar-refractivity contribution < 1.29 is 35.9 Å². The van der Waals surface area contributed by atoms with Crippen LogP contribution in [0.15, 0.2) is 84.9 Å². The first-order valence-corrected chi connectivity index (χ1v) is 16.2. The third-order valence-corrected chi connectivity index (χ3v) is 8.25. The van der Waals surface area contributed by atoms with Crippen LogP contribution in [0.4, 0.5) is 38.0 Å². The summed E-state index contributed by atoms with van der Waals surface area (Å²) < 4.78 is 79.6. The molecule has 0 unspecified atom stereocenters. The van der Waals surface area contributed by atoms with E-state index in [0.717, 1.165) is 43.8 Å². The highest BCUT2D eigenvalue weighted by molar-refractivity contribution is 6.01. The van der Waals surface area contributed by atoms with Crippen LogP contribution in [0.1, 0.15) is 54.6 Å². The molecule has 6 rings (SSSR count). The van der Waals surface area contributed by atoms with Crippen LogP contribution < -0.4 is 11.5 Å². The minimum Gasteiger partial charge on any atom is -0.384 e. The number of pyridine rings is 2. The van der Waals surface area contributed by atoms with E-state index >= 15 is 0 Å². The number of halogens is 6. The molecule has 16 heteroatoms. The molecule has 2 aromatic carbocycles. The molecule has 0 bridgehead atoms. The quantitative estimate of drug-likeness (QED) is 0.119. The van der Waals surface area contributed by atoms with Gasteiger partial charge in [-0.1, -0.05) is 59.7 Å². The highest BCUT2D eigenvalue weighted by atomic mass is 19.4. The molecule has 0 spiro atoms. The van der Waals surface area contributed by atoms with Gasteiger partial charge in [-0.2, -0.15) is 36.5 Å². The van der Waals surface area contributed by atoms with Crippen molar-refractivity contribution in [1.82, 2.24) is 29.5 Å². The fourth-order valence-electron chi connectivity index (χ4n) is 5.41. The lowest BCUT2D eigenvalue weighted by Gasteiger charge is -2.09. The third kappa shape index (κ3) is 9.18. The van der Waals surface area contributed by atoms with E-state index < -0.39 is 23.7 Å². The Morgan fingerprint density at radius 1 is 0.611 bits per heavy atom. The smallest absolute Gasteiger partial charge is 0.384 e. The third-order valence-electron chi connectivity index (χ3n) is 8.25. The number of carbonyl (C=O) groups is 2. The molecule has 0 saturated heterocycles. The molecule has 0 atom stereocenters. The number of Topliss-reactive ketones (excluding diaryl/α,β-unsaturated/α-hetero) is 2. The van der Waals surface area contributed by atoms with Crippen LogP contribution in [0.2, 0.25) is 0 Å². The molecule has 10 nitrogen and oxygen atoms in total.